The maximum absolute atomic E-state index is 12.0. The Balaban J connectivity index is 1.32. The van der Waals surface area contributed by atoms with Gasteiger partial charge in [-0.1, -0.05) is 36.4 Å². The van der Waals surface area contributed by atoms with E-state index in [2.05, 4.69) is 10.6 Å². The number of esters is 1. The summed E-state index contributed by atoms with van der Waals surface area (Å²) in [4.78, 5) is 35.7. The summed E-state index contributed by atoms with van der Waals surface area (Å²) in [5, 5.41) is 5.40. The zero-order valence-corrected chi connectivity index (χ0v) is 17.5. The molecule has 0 aliphatic carbocycles. The maximum Gasteiger partial charge on any atom is 0.306 e. The molecule has 0 saturated heterocycles. The molecule has 0 aromatic heterocycles. The molecule has 0 atom stereocenters. The van der Waals surface area contributed by atoms with E-state index in [0.29, 0.717) is 29.3 Å². The number of hydrogen-bond donors (Lipinski definition) is 2. The molecule has 32 heavy (non-hydrogen) atoms. The van der Waals surface area contributed by atoms with E-state index in [1.54, 1.807) is 36.4 Å². The maximum atomic E-state index is 12.0. The van der Waals surface area contributed by atoms with Gasteiger partial charge in [-0.25, -0.2) is 0 Å². The molecule has 3 aromatic rings. The van der Waals surface area contributed by atoms with E-state index in [4.69, 9.17) is 9.47 Å². The number of nitrogens with one attached hydrogen (secondary N) is 2. The fourth-order valence-corrected chi connectivity index (χ4v) is 2.78. The van der Waals surface area contributed by atoms with Crippen LogP contribution in [0.5, 0.6) is 11.5 Å². The average Bonchev–Trinajstić information content (AvgIpc) is 2.80. The number of carbonyl (C=O) groups is 3. The number of amides is 2. The normalized spacial score (nSPS) is 10.1. The first-order valence-electron chi connectivity index (χ1n) is 10.2. The summed E-state index contributed by atoms with van der Waals surface area (Å²) >= 11 is 0. The molecule has 0 heterocycles. The lowest BCUT2D eigenvalue weighted by Gasteiger charge is -2.09. The Morgan fingerprint density at radius 2 is 1.19 bits per heavy atom. The average molecular weight is 432 g/mol. The molecule has 0 radical (unpaired) electrons. The van der Waals surface area contributed by atoms with Crippen LogP contribution in [0.15, 0.2) is 84.9 Å². The second-order valence-electron chi connectivity index (χ2n) is 6.92. The predicted molar refractivity (Wildman–Crippen MR) is 121 cm³/mol. The van der Waals surface area contributed by atoms with Crippen LogP contribution in [0, 0.1) is 0 Å². The Bertz CT molecular complexity index is 1020. The zero-order valence-electron chi connectivity index (χ0n) is 17.5. The highest BCUT2D eigenvalue weighted by Crippen LogP contribution is 2.22. The number of benzene rings is 3. The van der Waals surface area contributed by atoms with Crippen molar-refractivity contribution >= 4 is 29.2 Å². The molecule has 2 N–H and O–H groups in total. The Morgan fingerprint density at radius 3 is 1.88 bits per heavy atom. The van der Waals surface area contributed by atoms with Crippen molar-refractivity contribution in [1.82, 2.24) is 0 Å². The van der Waals surface area contributed by atoms with Gasteiger partial charge in [-0.3, -0.25) is 14.4 Å². The summed E-state index contributed by atoms with van der Waals surface area (Å²) < 4.78 is 10.7. The number of anilines is 2. The molecule has 0 unspecified atom stereocenters. The van der Waals surface area contributed by atoms with E-state index >= 15 is 0 Å². The van der Waals surface area contributed by atoms with Crippen LogP contribution in [-0.4, -0.2) is 24.4 Å². The van der Waals surface area contributed by atoms with Gasteiger partial charge >= 0.3 is 5.97 Å². The molecule has 0 spiro atoms. The molecule has 0 saturated carbocycles. The van der Waals surface area contributed by atoms with Gasteiger partial charge in [0.25, 0.3) is 5.91 Å². The van der Waals surface area contributed by atoms with E-state index in [1.807, 2.05) is 48.5 Å². The third-order valence-corrected chi connectivity index (χ3v) is 4.32. The van der Waals surface area contributed by atoms with Crippen molar-refractivity contribution in [2.75, 3.05) is 17.2 Å². The van der Waals surface area contributed by atoms with Gasteiger partial charge in [0.2, 0.25) is 5.91 Å². The number of hydrogen-bond acceptors (Lipinski definition) is 5. The van der Waals surface area contributed by atoms with Crippen LogP contribution in [0.4, 0.5) is 11.4 Å². The third kappa shape index (κ3) is 7.95. The Kier molecular flexibility index (Phi) is 8.39. The topological polar surface area (TPSA) is 93.7 Å². The Labute approximate surface area is 186 Å². The molecule has 0 aliphatic heterocycles. The fourth-order valence-electron chi connectivity index (χ4n) is 2.78. The first kappa shape index (κ1) is 22.6. The van der Waals surface area contributed by atoms with Crippen LogP contribution in [0.3, 0.4) is 0 Å². The van der Waals surface area contributed by atoms with Crippen LogP contribution < -0.4 is 15.4 Å². The summed E-state index contributed by atoms with van der Waals surface area (Å²) in [5.74, 6) is 0.197. The predicted octanol–water partition coefficient (Wildman–Crippen LogP) is 4.77. The molecule has 3 aromatic carbocycles. The SMILES string of the molecule is O=C(CCCC(=O)OCC(=O)Nc1ccc(Oc2ccccc2)cc1)Nc1ccccc1. The first-order chi connectivity index (χ1) is 15.6. The molecular weight excluding hydrogens is 408 g/mol. The minimum absolute atomic E-state index is 0.0566. The van der Waals surface area contributed by atoms with Gasteiger partial charge in [-0.2, -0.15) is 0 Å². The lowest BCUT2D eigenvalue weighted by Crippen LogP contribution is -2.21. The Morgan fingerprint density at radius 1 is 0.625 bits per heavy atom. The molecular formula is C25H24N2O5. The summed E-state index contributed by atoms with van der Waals surface area (Å²) in [6.07, 6.45) is 0.580. The van der Waals surface area contributed by atoms with Crippen molar-refractivity contribution in [2.24, 2.45) is 0 Å². The van der Waals surface area contributed by atoms with Crippen LogP contribution >= 0.6 is 0 Å². The van der Waals surface area contributed by atoms with Crippen LogP contribution in [-0.2, 0) is 19.1 Å². The van der Waals surface area contributed by atoms with Gasteiger partial charge in [-0.05, 0) is 55.0 Å². The van der Waals surface area contributed by atoms with Crippen molar-refractivity contribution < 1.29 is 23.9 Å². The second kappa shape index (κ2) is 11.9. The van der Waals surface area contributed by atoms with Gasteiger partial charge in [0.15, 0.2) is 6.61 Å². The van der Waals surface area contributed by atoms with Gasteiger partial charge in [0.05, 0.1) is 0 Å². The number of ether oxygens (including phenoxy) is 2. The van der Waals surface area contributed by atoms with E-state index in [1.165, 1.54) is 0 Å². The molecule has 0 bridgehead atoms. The summed E-state index contributed by atoms with van der Waals surface area (Å²) in [6.45, 7) is -0.392. The highest BCUT2D eigenvalue weighted by Gasteiger charge is 2.10. The monoisotopic (exact) mass is 432 g/mol. The van der Waals surface area contributed by atoms with E-state index in [0.717, 1.165) is 0 Å². The smallest absolute Gasteiger partial charge is 0.306 e. The summed E-state index contributed by atoms with van der Waals surface area (Å²) in [7, 11) is 0. The molecule has 3 rings (SSSR count). The van der Waals surface area contributed by atoms with Crippen LogP contribution in [0.1, 0.15) is 19.3 Å². The first-order valence-corrected chi connectivity index (χ1v) is 10.2. The number of rotatable bonds is 10. The third-order valence-electron chi connectivity index (χ3n) is 4.32. The zero-order chi connectivity index (χ0) is 22.6. The highest BCUT2D eigenvalue weighted by atomic mass is 16.5. The summed E-state index contributed by atoms with van der Waals surface area (Å²) in [6, 6.07) is 25.3. The molecule has 2 amide bonds. The van der Waals surface area contributed by atoms with Gasteiger partial charge < -0.3 is 20.1 Å². The molecule has 7 nitrogen and oxygen atoms in total. The van der Waals surface area contributed by atoms with Crippen LogP contribution in [0.2, 0.25) is 0 Å². The minimum atomic E-state index is -0.528. The standard InChI is InChI=1S/C25H24N2O5/c28-23(26-19-8-3-1-4-9-19)12-7-13-25(30)31-18-24(29)27-20-14-16-22(17-15-20)32-21-10-5-2-6-11-21/h1-6,8-11,14-17H,7,12-13,18H2,(H,26,28)(H,27,29). The second-order valence-corrected chi connectivity index (χ2v) is 6.92. The largest absolute Gasteiger partial charge is 0.457 e. The molecule has 0 fully saturated rings. The molecule has 7 heteroatoms. The van der Waals surface area contributed by atoms with Crippen molar-refractivity contribution in [3.63, 3.8) is 0 Å². The lowest BCUT2D eigenvalue weighted by atomic mass is 10.2. The van der Waals surface area contributed by atoms with E-state index in [9.17, 15) is 14.4 Å². The number of carbonyl (C=O) groups excluding carboxylic acids is 3. The van der Waals surface area contributed by atoms with Crippen molar-refractivity contribution in [3.05, 3.63) is 84.9 Å². The highest BCUT2D eigenvalue weighted by molar-refractivity contribution is 5.93. The molecule has 164 valence electrons. The van der Waals surface area contributed by atoms with Gasteiger partial charge in [0, 0.05) is 24.2 Å². The number of para-hydroxylation sites is 2. The van der Waals surface area contributed by atoms with E-state index < -0.39 is 18.5 Å². The fraction of sp³-hybridized carbons (Fsp3) is 0.160. The molecule has 0 aliphatic rings. The van der Waals surface area contributed by atoms with Crippen LogP contribution in [0.25, 0.3) is 0 Å². The van der Waals surface area contributed by atoms with Crippen molar-refractivity contribution in [1.29, 1.82) is 0 Å². The Hall–Kier alpha value is -4.13. The summed E-state index contributed by atoms with van der Waals surface area (Å²) in [5.41, 5.74) is 1.26. The van der Waals surface area contributed by atoms with Gasteiger partial charge in [-0.15, -0.1) is 0 Å². The van der Waals surface area contributed by atoms with Crippen molar-refractivity contribution in [2.45, 2.75) is 19.3 Å². The van der Waals surface area contributed by atoms with Crippen molar-refractivity contribution in [3.8, 4) is 11.5 Å². The van der Waals surface area contributed by atoms with E-state index in [-0.39, 0.29) is 18.7 Å². The lowest BCUT2D eigenvalue weighted by molar-refractivity contribution is -0.147. The minimum Gasteiger partial charge on any atom is -0.457 e. The van der Waals surface area contributed by atoms with Gasteiger partial charge in [0.1, 0.15) is 11.5 Å². The quantitative estimate of drug-likeness (QED) is 0.450.